The van der Waals surface area contributed by atoms with E-state index in [1.165, 1.54) is 11.1 Å². The lowest BCUT2D eigenvalue weighted by molar-refractivity contribution is 0.354. The molecule has 7 heteroatoms. The van der Waals surface area contributed by atoms with E-state index >= 15 is 0 Å². The van der Waals surface area contributed by atoms with E-state index in [-0.39, 0.29) is 6.04 Å². The van der Waals surface area contributed by atoms with E-state index in [1.54, 1.807) is 11.8 Å². The van der Waals surface area contributed by atoms with Gasteiger partial charge in [-0.3, -0.25) is 4.57 Å². The van der Waals surface area contributed by atoms with Gasteiger partial charge in [0.15, 0.2) is 5.16 Å². The highest BCUT2D eigenvalue weighted by Crippen LogP contribution is 2.36. The van der Waals surface area contributed by atoms with Crippen molar-refractivity contribution in [1.29, 1.82) is 0 Å². The third-order valence-electron chi connectivity index (χ3n) is 3.39. The van der Waals surface area contributed by atoms with Gasteiger partial charge < -0.3 is 10.5 Å². The number of halogens is 1. The van der Waals surface area contributed by atoms with Gasteiger partial charge >= 0.3 is 0 Å². The topological polar surface area (TPSA) is 66.0 Å². The lowest BCUT2D eigenvalue weighted by Crippen LogP contribution is -2.07. The summed E-state index contributed by atoms with van der Waals surface area (Å²) >= 11 is 5.20. The molecule has 0 saturated carbocycles. The molecule has 0 bridgehead atoms. The predicted molar refractivity (Wildman–Crippen MR) is 87.7 cm³/mol. The first-order valence-corrected chi connectivity index (χ1v) is 8.61. The van der Waals surface area contributed by atoms with Crippen molar-refractivity contribution in [1.82, 2.24) is 14.8 Å². The Labute approximate surface area is 136 Å². The van der Waals surface area contributed by atoms with Gasteiger partial charge in [-0.05, 0) is 31.5 Å². The van der Waals surface area contributed by atoms with Crippen molar-refractivity contribution in [2.24, 2.45) is 0 Å². The Morgan fingerprint density at radius 3 is 3.00 bits per heavy atom. The summed E-state index contributed by atoms with van der Waals surface area (Å²) in [6.07, 6.45) is 0.974. The van der Waals surface area contributed by atoms with Crippen LogP contribution in [0.5, 0.6) is 5.75 Å². The van der Waals surface area contributed by atoms with Crippen molar-refractivity contribution >= 4 is 33.6 Å². The van der Waals surface area contributed by atoms with Crippen LogP contribution in [0.15, 0.2) is 21.8 Å². The molecule has 2 aromatic rings. The SMILES string of the molecule is CC(C)n1c(N)nnc1SCc1cc(Br)cc2c1OCC2. The molecule has 0 aliphatic carbocycles. The summed E-state index contributed by atoms with van der Waals surface area (Å²) in [6, 6.07) is 4.48. The Morgan fingerprint density at radius 1 is 1.43 bits per heavy atom. The molecule has 0 saturated heterocycles. The van der Waals surface area contributed by atoms with Crippen LogP contribution in [0.25, 0.3) is 0 Å². The monoisotopic (exact) mass is 368 g/mol. The zero-order valence-corrected chi connectivity index (χ0v) is 14.4. The van der Waals surface area contributed by atoms with E-state index in [9.17, 15) is 0 Å². The average Bonchev–Trinajstić information content (AvgIpc) is 3.02. The summed E-state index contributed by atoms with van der Waals surface area (Å²) in [6.45, 7) is 4.91. The molecule has 1 aliphatic heterocycles. The lowest BCUT2D eigenvalue weighted by Gasteiger charge is -2.12. The van der Waals surface area contributed by atoms with E-state index in [2.05, 4.69) is 52.1 Å². The van der Waals surface area contributed by atoms with Crippen molar-refractivity contribution in [3.8, 4) is 5.75 Å². The van der Waals surface area contributed by atoms with Gasteiger partial charge in [0.1, 0.15) is 5.75 Å². The van der Waals surface area contributed by atoms with Crippen LogP contribution in [0.3, 0.4) is 0 Å². The van der Waals surface area contributed by atoms with Gasteiger partial charge in [-0.15, -0.1) is 10.2 Å². The Balaban J connectivity index is 1.83. The highest BCUT2D eigenvalue weighted by Gasteiger charge is 2.19. The third-order valence-corrected chi connectivity index (χ3v) is 4.84. The number of nitrogens with zero attached hydrogens (tertiary/aromatic N) is 3. The maximum atomic E-state index is 5.87. The minimum Gasteiger partial charge on any atom is -0.493 e. The summed E-state index contributed by atoms with van der Waals surface area (Å²) in [7, 11) is 0. The average molecular weight is 369 g/mol. The van der Waals surface area contributed by atoms with Crippen LogP contribution >= 0.6 is 27.7 Å². The molecule has 21 heavy (non-hydrogen) atoms. The van der Waals surface area contributed by atoms with Crippen molar-refractivity contribution in [2.75, 3.05) is 12.3 Å². The fraction of sp³-hybridized carbons (Fsp3) is 0.429. The van der Waals surface area contributed by atoms with Crippen LogP contribution in [0.1, 0.15) is 31.0 Å². The number of hydrogen-bond acceptors (Lipinski definition) is 5. The second kappa shape index (κ2) is 5.88. The zero-order chi connectivity index (χ0) is 15.0. The van der Waals surface area contributed by atoms with Crippen LogP contribution < -0.4 is 10.5 Å². The number of rotatable bonds is 4. The molecule has 1 aromatic heterocycles. The van der Waals surface area contributed by atoms with Gasteiger partial charge in [0.05, 0.1) is 6.61 Å². The Morgan fingerprint density at radius 2 is 2.24 bits per heavy atom. The maximum Gasteiger partial charge on any atom is 0.222 e. The fourth-order valence-corrected chi connectivity index (χ4v) is 4.06. The highest BCUT2D eigenvalue weighted by molar-refractivity contribution is 9.10. The smallest absolute Gasteiger partial charge is 0.222 e. The van der Waals surface area contributed by atoms with Crippen LogP contribution in [-0.2, 0) is 12.2 Å². The molecular weight excluding hydrogens is 352 g/mol. The molecule has 112 valence electrons. The molecule has 5 nitrogen and oxygen atoms in total. The zero-order valence-electron chi connectivity index (χ0n) is 12.0. The number of benzene rings is 1. The molecule has 0 radical (unpaired) electrons. The Hall–Kier alpha value is -1.21. The maximum absolute atomic E-state index is 5.87. The molecule has 3 rings (SSSR count). The molecule has 0 atom stereocenters. The molecule has 2 N–H and O–H groups in total. The standard InChI is InChI=1S/C14H17BrN4OS/c1-8(2)19-13(16)17-18-14(19)21-7-10-6-11(15)5-9-3-4-20-12(9)10/h5-6,8H,3-4,7H2,1-2H3,(H2,16,17). The van der Waals surface area contributed by atoms with Gasteiger partial charge in [0, 0.05) is 28.3 Å². The summed E-state index contributed by atoms with van der Waals surface area (Å²) in [5.41, 5.74) is 8.32. The lowest BCUT2D eigenvalue weighted by atomic mass is 10.1. The minimum absolute atomic E-state index is 0.243. The molecule has 0 unspecified atom stereocenters. The van der Waals surface area contributed by atoms with Crippen molar-refractivity contribution in [3.05, 3.63) is 27.7 Å². The number of nitrogen functional groups attached to an aromatic ring is 1. The second-order valence-corrected chi connectivity index (χ2v) is 7.10. The summed E-state index contributed by atoms with van der Waals surface area (Å²) in [5.74, 6) is 2.27. The fourth-order valence-electron chi connectivity index (χ4n) is 2.47. The van der Waals surface area contributed by atoms with Crippen LogP contribution in [-0.4, -0.2) is 21.4 Å². The first-order valence-electron chi connectivity index (χ1n) is 6.83. The number of nitrogens with two attached hydrogens (primary N) is 1. The van der Waals surface area contributed by atoms with E-state index < -0.39 is 0 Å². The summed E-state index contributed by atoms with van der Waals surface area (Å²) < 4.78 is 8.79. The van der Waals surface area contributed by atoms with Gasteiger partial charge in [-0.1, -0.05) is 27.7 Å². The largest absolute Gasteiger partial charge is 0.493 e. The van der Waals surface area contributed by atoms with E-state index in [1.807, 2.05) is 4.57 Å². The van der Waals surface area contributed by atoms with Gasteiger partial charge in [0.25, 0.3) is 0 Å². The van der Waals surface area contributed by atoms with E-state index in [0.29, 0.717) is 5.95 Å². The third kappa shape index (κ3) is 2.89. The summed E-state index contributed by atoms with van der Waals surface area (Å²) in [5, 5.41) is 8.98. The molecule has 0 spiro atoms. The molecule has 2 heterocycles. The van der Waals surface area contributed by atoms with Crippen LogP contribution in [0, 0.1) is 0 Å². The molecule has 1 aliphatic rings. The van der Waals surface area contributed by atoms with Crippen LogP contribution in [0.4, 0.5) is 5.95 Å². The second-order valence-electron chi connectivity index (χ2n) is 5.24. The number of thioether (sulfide) groups is 1. The van der Waals surface area contributed by atoms with E-state index in [0.717, 1.165) is 34.2 Å². The number of ether oxygens (including phenoxy) is 1. The Kier molecular flexibility index (Phi) is 4.12. The Bertz CT molecular complexity index is 671. The van der Waals surface area contributed by atoms with Crippen LogP contribution in [0.2, 0.25) is 0 Å². The number of hydrogen-bond donors (Lipinski definition) is 1. The molecule has 0 fully saturated rings. The normalized spacial score (nSPS) is 13.5. The first-order chi connectivity index (χ1) is 10.1. The van der Waals surface area contributed by atoms with Gasteiger partial charge in [0.2, 0.25) is 5.95 Å². The number of aromatic nitrogens is 3. The highest BCUT2D eigenvalue weighted by atomic mass is 79.9. The van der Waals surface area contributed by atoms with Gasteiger partial charge in [-0.2, -0.15) is 0 Å². The van der Waals surface area contributed by atoms with E-state index in [4.69, 9.17) is 10.5 Å². The predicted octanol–water partition coefficient (Wildman–Crippen LogP) is 3.43. The van der Waals surface area contributed by atoms with Crippen molar-refractivity contribution in [3.63, 3.8) is 0 Å². The number of fused-ring (bicyclic) bond motifs is 1. The van der Waals surface area contributed by atoms with Crippen molar-refractivity contribution < 1.29 is 4.74 Å². The van der Waals surface area contributed by atoms with Gasteiger partial charge in [-0.25, -0.2) is 0 Å². The number of anilines is 1. The summed E-state index contributed by atoms with van der Waals surface area (Å²) in [4.78, 5) is 0. The van der Waals surface area contributed by atoms with Crippen molar-refractivity contribution in [2.45, 2.75) is 37.2 Å². The minimum atomic E-state index is 0.243. The molecule has 0 amide bonds. The quantitative estimate of drug-likeness (QED) is 0.837. The first kappa shape index (κ1) is 14.7. The molecule has 1 aromatic carbocycles. The molecular formula is C14H17BrN4OS.